The number of rotatable bonds is 7. The SMILES string of the molecule is O=C1NC[C@H](c2ccccc2)[C@H]1C(=O)NN=Cc1ccc(OCc2ccccc2)cc1. The van der Waals surface area contributed by atoms with Crippen molar-refractivity contribution in [2.45, 2.75) is 12.5 Å². The number of amides is 2. The molecule has 0 unspecified atom stereocenters. The maximum Gasteiger partial charge on any atom is 0.253 e. The third-order valence-electron chi connectivity index (χ3n) is 5.21. The van der Waals surface area contributed by atoms with Crippen LogP contribution in [0.4, 0.5) is 0 Å². The Morgan fingerprint density at radius 1 is 1.00 bits per heavy atom. The number of hydrogen-bond donors (Lipinski definition) is 2. The molecule has 3 aromatic carbocycles. The molecule has 6 nitrogen and oxygen atoms in total. The molecule has 156 valence electrons. The second kappa shape index (κ2) is 9.71. The molecule has 0 saturated carbocycles. The van der Waals surface area contributed by atoms with E-state index in [0.29, 0.717) is 13.2 Å². The molecule has 2 atom stereocenters. The van der Waals surface area contributed by atoms with Crippen molar-refractivity contribution < 1.29 is 14.3 Å². The molecule has 4 rings (SSSR count). The number of nitrogens with zero attached hydrogens (tertiary/aromatic N) is 1. The molecule has 1 heterocycles. The number of carbonyl (C=O) groups excluding carboxylic acids is 2. The van der Waals surface area contributed by atoms with Gasteiger partial charge < -0.3 is 10.1 Å². The first kappa shape index (κ1) is 20.3. The topological polar surface area (TPSA) is 79.8 Å². The van der Waals surface area contributed by atoms with E-state index >= 15 is 0 Å². The summed E-state index contributed by atoms with van der Waals surface area (Å²) in [6.07, 6.45) is 1.54. The lowest BCUT2D eigenvalue weighted by Gasteiger charge is -2.15. The van der Waals surface area contributed by atoms with Crippen molar-refractivity contribution in [2.24, 2.45) is 11.0 Å². The van der Waals surface area contributed by atoms with E-state index in [4.69, 9.17) is 4.74 Å². The third kappa shape index (κ3) is 5.17. The molecule has 1 aliphatic heterocycles. The van der Waals surface area contributed by atoms with Gasteiger partial charge in [0.1, 0.15) is 18.3 Å². The van der Waals surface area contributed by atoms with E-state index in [9.17, 15) is 9.59 Å². The van der Waals surface area contributed by atoms with Gasteiger partial charge in [0.05, 0.1) is 6.21 Å². The summed E-state index contributed by atoms with van der Waals surface area (Å²) in [5.74, 6) is -0.944. The monoisotopic (exact) mass is 413 g/mol. The maximum atomic E-state index is 12.6. The van der Waals surface area contributed by atoms with Crippen molar-refractivity contribution in [1.82, 2.24) is 10.7 Å². The lowest BCUT2D eigenvalue weighted by Crippen LogP contribution is -2.34. The van der Waals surface area contributed by atoms with Crippen LogP contribution in [0.2, 0.25) is 0 Å². The van der Waals surface area contributed by atoms with Crippen LogP contribution < -0.4 is 15.5 Å². The molecule has 0 bridgehead atoms. The lowest BCUT2D eigenvalue weighted by molar-refractivity contribution is -0.133. The van der Waals surface area contributed by atoms with E-state index in [1.807, 2.05) is 84.9 Å². The smallest absolute Gasteiger partial charge is 0.253 e. The molecule has 1 aliphatic rings. The van der Waals surface area contributed by atoms with Crippen LogP contribution in [0.3, 0.4) is 0 Å². The fourth-order valence-electron chi connectivity index (χ4n) is 3.56. The highest BCUT2D eigenvalue weighted by atomic mass is 16.5. The minimum Gasteiger partial charge on any atom is -0.489 e. The van der Waals surface area contributed by atoms with Crippen LogP contribution in [-0.2, 0) is 16.2 Å². The van der Waals surface area contributed by atoms with Gasteiger partial charge >= 0.3 is 0 Å². The Morgan fingerprint density at radius 2 is 1.68 bits per heavy atom. The van der Waals surface area contributed by atoms with Crippen LogP contribution in [0.25, 0.3) is 0 Å². The molecule has 0 radical (unpaired) electrons. The van der Waals surface area contributed by atoms with Gasteiger partial charge in [-0.1, -0.05) is 60.7 Å². The zero-order valence-electron chi connectivity index (χ0n) is 16.9. The molecule has 0 spiro atoms. The van der Waals surface area contributed by atoms with Crippen LogP contribution in [-0.4, -0.2) is 24.6 Å². The Kier molecular flexibility index (Phi) is 6.38. The van der Waals surface area contributed by atoms with Gasteiger partial charge in [-0.15, -0.1) is 0 Å². The Hall–Kier alpha value is -3.93. The zero-order chi connectivity index (χ0) is 21.5. The normalized spacial score (nSPS) is 18.0. The average Bonchev–Trinajstić information content (AvgIpc) is 3.21. The Labute approximate surface area is 180 Å². The van der Waals surface area contributed by atoms with Crippen LogP contribution in [0, 0.1) is 5.92 Å². The van der Waals surface area contributed by atoms with E-state index < -0.39 is 11.8 Å². The first-order chi connectivity index (χ1) is 15.2. The van der Waals surface area contributed by atoms with Crippen molar-refractivity contribution in [3.63, 3.8) is 0 Å². The Morgan fingerprint density at radius 3 is 2.39 bits per heavy atom. The highest BCUT2D eigenvalue weighted by molar-refractivity contribution is 6.03. The standard InChI is InChI=1S/C25H23N3O3/c29-24-23(22(16-26-24)20-9-5-2-6-10-20)25(30)28-27-15-18-11-13-21(14-12-18)31-17-19-7-3-1-4-8-19/h1-15,22-23H,16-17H2,(H,26,29)(H,28,30)/t22-,23-/m1/s1. The van der Waals surface area contributed by atoms with Crippen molar-refractivity contribution in [3.8, 4) is 5.75 Å². The molecule has 2 amide bonds. The second-order valence-corrected chi connectivity index (χ2v) is 7.32. The molecule has 2 N–H and O–H groups in total. The number of hydrogen-bond acceptors (Lipinski definition) is 4. The highest BCUT2D eigenvalue weighted by Crippen LogP contribution is 2.29. The van der Waals surface area contributed by atoms with E-state index in [0.717, 1.165) is 22.4 Å². The number of hydrazone groups is 1. The maximum absolute atomic E-state index is 12.6. The molecule has 3 aromatic rings. The van der Waals surface area contributed by atoms with Gasteiger partial charge in [0.25, 0.3) is 5.91 Å². The quantitative estimate of drug-likeness (QED) is 0.355. The van der Waals surface area contributed by atoms with Gasteiger partial charge in [-0.2, -0.15) is 5.10 Å². The van der Waals surface area contributed by atoms with E-state index in [1.165, 1.54) is 0 Å². The molecule has 31 heavy (non-hydrogen) atoms. The van der Waals surface area contributed by atoms with Gasteiger partial charge in [0.2, 0.25) is 5.91 Å². The van der Waals surface area contributed by atoms with Gasteiger partial charge in [-0.05, 0) is 41.0 Å². The van der Waals surface area contributed by atoms with E-state index in [1.54, 1.807) is 6.21 Å². The van der Waals surface area contributed by atoms with Crippen LogP contribution in [0.1, 0.15) is 22.6 Å². The number of benzene rings is 3. The predicted octanol–water partition coefficient (Wildman–Crippen LogP) is 3.25. The first-order valence-corrected chi connectivity index (χ1v) is 10.1. The summed E-state index contributed by atoms with van der Waals surface area (Å²) >= 11 is 0. The van der Waals surface area contributed by atoms with Crippen molar-refractivity contribution in [1.29, 1.82) is 0 Å². The third-order valence-corrected chi connectivity index (χ3v) is 5.21. The fourth-order valence-corrected chi connectivity index (χ4v) is 3.56. The number of ether oxygens (including phenoxy) is 1. The molecule has 0 aliphatic carbocycles. The minimum absolute atomic E-state index is 0.204. The molecule has 0 aromatic heterocycles. The molecule has 6 heteroatoms. The average molecular weight is 413 g/mol. The summed E-state index contributed by atoms with van der Waals surface area (Å²) in [4.78, 5) is 24.8. The van der Waals surface area contributed by atoms with E-state index in [-0.39, 0.29) is 11.8 Å². The van der Waals surface area contributed by atoms with Gasteiger partial charge in [-0.3, -0.25) is 9.59 Å². The van der Waals surface area contributed by atoms with Crippen LogP contribution in [0.15, 0.2) is 90.0 Å². The largest absolute Gasteiger partial charge is 0.489 e. The summed E-state index contributed by atoms with van der Waals surface area (Å²) in [6.45, 7) is 0.936. The summed E-state index contributed by atoms with van der Waals surface area (Å²) in [5, 5.41) is 6.80. The summed E-state index contributed by atoms with van der Waals surface area (Å²) in [6, 6.07) is 26.9. The van der Waals surface area contributed by atoms with Crippen molar-refractivity contribution >= 4 is 18.0 Å². The van der Waals surface area contributed by atoms with Crippen molar-refractivity contribution in [2.75, 3.05) is 6.54 Å². The number of carbonyl (C=O) groups is 2. The summed E-state index contributed by atoms with van der Waals surface area (Å²) < 4.78 is 5.76. The zero-order valence-corrected chi connectivity index (χ0v) is 16.9. The van der Waals surface area contributed by atoms with Gasteiger partial charge in [-0.25, -0.2) is 5.43 Å². The Bertz CT molecular complexity index is 1050. The summed E-state index contributed by atoms with van der Waals surface area (Å²) in [7, 11) is 0. The molecular formula is C25H23N3O3. The predicted molar refractivity (Wildman–Crippen MR) is 119 cm³/mol. The second-order valence-electron chi connectivity index (χ2n) is 7.32. The molecule has 1 fully saturated rings. The van der Waals surface area contributed by atoms with E-state index in [2.05, 4.69) is 15.8 Å². The van der Waals surface area contributed by atoms with Gasteiger partial charge in [0, 0.05) is 12.5 Å². The highest BCUT2D eigenvalue weighted by Gasteiger charge is 2.40. The summed E-state index contributed by atoms with van der Waals surface area (Å²) in [5.41, 5.74) is 5.36. The molecule has 1 saturated heterocycles. The first-order valence-electron chi connectivity index (χ1n) is 10.1. The van der Waals surface area contributed by atoms with Crippen LogP contribution >= 0.6 is 0 Å². The van der Waals surface area contributed by atoms with Crippen LogP contribution in [0.5, 0.6) is 5.75 Å². The lowest BCUT2D eigenvalue weighted by atomic mass is 9.88. The Balaban J connectivity index is 1.32. The van der Waals surface area contributed by atoms with Gasteiger partial charge in [0.15, 0.2) is 0 Å². The fraction of sp³-hybridized carbons (Fsp3) is 0.160. The molecular weight excluding hydrogens is 390 g/mol. The minimum atomic E-state index is -0.798. The van der Waals surface area contributed by atoms with Crippen molar-refractivity contribution in [3.05, 3.63) is 102 Å². The number of nitrogens with one attached hydrogen (secondary N) is 2.